The standard InChI is InChI=1S/C26H34N4O3/c1-5-18-7-6-8-20(11-18)21-12-22(25(28-14-21)26(33)17(2)3)29-23(31)15-27-13-19-9-10-24(32)30(4)16-19/h6-8,11-12,14,17,19,27H,5,9-10,13,15-16H2,1-4H3,(H,29,31)/t19-/m1/s1. The van der Waals surface area contributed by atoms with Crippen LogP contribution in [-0.4, -0.2) is 54.2 Å². The molecular weight excluding hydrogens is 416 g/mol. The summed E-state index contributed by atoms with van der Waals surface area (Å²) in [5.41, 5.74) is 3.77. The molecular formula is C26H34N4O3. The number of piperidine rings is 1. The van der Waals surface area contributed by atoms with Crippen LogP contribution in [0.15, 0.2) is 36.5 Å². The second kappa shape index (κ2) is 11.2. The summed E-state index contributed by atoms with van der Waals surface area (Å²) in [4.78, 5) is 43.2. The SMILES string of the molecule is CCc1cccc(-c2cnc(C(=O)C(C)C)c(NC(=O)CNC[C@H]3CCC(=O)N(C)C3)c2)c1. The number of hydrogen-bond acceptors (Lipinski definition) is 5. The molecule has 176 valence electrons. The molecule has 7 nitrogen and oxygen atoms in total. The summed E-state index contributed by atoms with van der Waals surface area (Å²) < 4.78 is 0. The number of carbonyl (C=O) groups excluding carboxylic acids is 3. The van der Waals surface area contributed by atoms with Crippen molar-refractivity contribution in [3.05, 3.63) is 47.8 Å². The highest BCUT2D eigenvalue weighted by Crippen LogP contribution is 2.26. The molecule has 3 rings (SSSR count). The van der Waals surface area contributed by atoms with Gasteiger partial charge in [-0.15, -0.1) is 0 Å². The molecule has 1 aliphatic heterocycles. The molecule has 1 fully saturated rings. The third kappa shape index (κ3) is 6.48. The van der Waals surface area contributed by atoms with Gasteiger partial charge in [-0.3, -0.25) is 19.4 Å². The smallest absolute Gasteiger partial charge is 0.238 e. The molecule has 1 saturated heterocycles. The number of hydrogen-bond donors (Lipinski definition) is 2. The van der Waals surface area contributed by atoms with Crippen molar-refractivity contribution in [2.75, 3.05) is 32.0 Å². The van der Waals surface area contributed by atoms with Gasteiger partial charge in [0.2, 0.25) is 11.8 Å². The highest BCUT2D eigenvalue weighted by molar-refractivity contribution is 6.05. The Morgan fingerprint density at radius 1 is 1.21 bits per heavy atom. The number of benzene rings is 1. The summed E-state index contributed by atoms with van der Waals surface area (Å²) in [7, 11) is 1.81. The van der Waals surface area contributed by atoms with E-state index < -0.39 is 0 Å². The highest BCUT2D eigenvalue weighted by atomic mass is 16.2. The van der Waals surface area contributed by atoms with Crippen LogP contribution in [0, 0.1) is 11.8 Å². The number of nitrogens with one attached hydrogen (secondary N) is 2. The summed E-state index contributed by atoms with van der Waals surface area (Å²) in [5, 5.41) is 6.08. The lowest BCUT2D eigenvalue weighted by molar-refractivity contribution is -0.133. The summed E-state index contributed by atoms with van der Waals surface area (Å²) in [5.74, 6) is -0.0690. The summed E-state index contributed by atoms with van der Waals surface area (Å²) >= 11 is 0. The van der Waals surface area contributed by atoms with Gasteiger partial charge < -0.3 is 15.5 Å². The zero-order valence-corrected chi connectivity index (χ0v) is 20.0. The van der Waals surface area contributed by atoms with Crippen molar-refractivity contribution in [2.45, 2.75) is 40.0 Å². The van der Waals surface area contributed by atoms with Crippen LogP contribution in [0.4, 0.5) is 5.69 Å². The number of rotatable bonds is 9. The van der Waals surface area contributed by atoms with Gasteiger partial charge in [0.25, 0.3) is 0 Å². The first-order chi connectivity index (χ1) is 15.8. The van der Waals surface area contributed by atoms with E-state index in [-0.39, 0.29) is 35.8 Å². The third-order valence-electron chi connectivity index (χ3n) is 6.03. The van der Waals surface area contributed by atoms with Gasteiger partial charge in [-0.1, -0.05) is 45.0 Å². The van der Waals surface area contributed by atoms with Crippen LogP contribution in [0.5, 0.6) is 0 Å². The summed E-state index contributed by atoms with van der Waals surface area (Å²) in [6.07, 6.45) is 3.99. The average molecular weight is 451 g/mol. The molecule has 0 aliphatic carbocycles. The molecule has 0 saturated carbocycles. The molecule has 7 heteroatoms. The second-order valence-corrected chi connectivity index (χ2v) is 9.05. The number of Topliss-reactive ketones (excluding diaryl/α,β-unsaturated/α-hetero) is 1. The Hall–Kier alpha value is -3.06. The van der Waals surface area contributed by atoms with Crippen LogP contribution >= 0.6 is 0 Å². The Morgan fingerprint density at radius 2 is 2.00 bits per heavy atom. The largest absolute Gasteiger partial charge is 0.345 e. The molecule has 1 aromatic heterocycles. The van der Waals surface area contributed by atoms with Crippen LogP contribution < -0.4 is 10.6 Å². The van der Waals surface area contributed by atoms with E-state index in [1.165, 1.54) is 5.56 Å². The fraction of sp³-hybridized carbons (Fsp3) is 0.462. The molecule has 1 aliphatic rings. The zero-order chi connectivity index (χ0) is 24.0. The lowest BCUT2D eigenvalue weighted by Crippen LogP contribution is -2.42. The van der Waals surface area contributed by atoms with E-state index in [1.54, 1.807) is 11.1 Å². The van der Waals surface area contributed by atoms with Crippen molar-refractivity contribution in [1.82, 2.24) is 15.2 Å². The quantitative estimate of drug-likeness (QED) is 0.570. The van der Waals surface area contributed by atoms with Crippen molar-refractivity contribution in [3.63, 3.8) is 0 Å². The molecule has 0 unspecified atom stereocenters. The Morgan fingerprint density at radius 3 is 2.70 bits per heavy atom. The lowest BCUT2D eigenvalue weighted by Gasteiger charge is -2.29. The molecule has 0 radical (unpaired) electrons. The Balaban J connectivity index is 1.71. The molecule has 1 aromatic carbocycles. The number of likely N-dealkylation sites (tertiary alicyclic amines) is 1. The first-order valence-corrected chi connectivity index (χ1v) is 11.7. The number of carbonyl (C=O) groups is 3. The predicted molar refractivity (Wildman–Crippen MR) is 130 cm³/mol. The zero-order valence-electron chi connectivity index (χ0n) is 20.0. The Labute approximate surface area is 196 Å². The minimum Gasteiger partial charge on any atom is -0.345 e. The van der Waals surface area contributed by atoms with E-state index in [9.17, 15) is 14.4 Å². The van der Waals surface area contributed by atoms with Crippen LogP contribution in [-0.2, 0) is 16.0 Å². The van der Waals surface area contributed by atoms with E-state index in [1.807, 2.05) is 39.1 Å². The van der Waals surface area contributed by atoms with Crippen LogP contribution in [0.1, 0.15) is 49.7 Å². The number of anilines is 1. The number of ketones is 1. The average Bonchev–Trinajstić information content (AvgIpc) is 2.81. The van der Waals surface area contributed by atoms with Gasteiger partial charge in [0.1, 0.15) is 5.69 Å². The van der Waals surface area contributed by atoms with Crippen molar-refractivity contribution in [1.29, 1.82) is 0 Å². The van der Waals surface area contributed by atoms with Crippen molar-refractivity contribution in [2.24, 2.45) is 11.8 Å². The third-order valence-corrected chi connectivity index (χ3v) is 6.03. The summed E-state index contributed by atoms with van der Waals surface area (Å²) in [6, 6.07) is 10.00. The molecule has 2 N–H and O–H groups in total. The monoisotopic (exact) mass is 450 g/mol. The normalized spacial score (nSPS) is 16.2. The van der Waals surface area contributed by atoms with Crippen LogP contribution in [0.25, 0.3) is 11.1 Å². The first kappa shape index (κ1) is 24.6. The minimum absolute atomic E-state index is 0.109. The summed E-state index contributed by atoms with van der Waals surface area (Å²) in [6.45, 7) is 7.22. The van der Waals surface area contributed by atoms with Crippen molar-refractivity contribution >= 4 is 23.3 Å². The first-order valence-electron chi connectivity index (χ1n) is 11.7. The van der Waals surface area contributed by atoms with E-state index in [2.05, 4.69) is 34.7 Å². The Bertz CT molecular complexity index is 1020. The van der Waals surface area contributed by atoms with Gasteiger partial charge in [0.15, 0.2) is 5.78 Å². The van der Waals surface area contributed by atoms with Gasteiger partial charge in [0, 0.05) is 44.2 Å². The van der Waals surface area contributed by atoms with Gasteiger partial charge in [-0.2, -0.15) is 0 Å². The van der Waals surface area contributed by atoms with Crippen molar-refractivity contribution < 1.29 is 14.4 Å². The number of nitrogens with zero attached hydrogens (tertiary/aromatic N) is 2. The number of aryl methyl sites for hydroxylation is 1. The maximum atomic E-state index is 12.7. The second-order valence-electron chi connectivity index (χ2n) is 9.05. The molecule has 2 amide bonds. The molecule has 0 bridgehead atoms. The minimum atomic E-state index is -0.230. The van der Waals surface area contributed by atoms with Crippen LogP contribution in [0.3, 0.4) is 0 Å². The predicted octanol–water partition coefficient (Wildman–Crippen LogP) is 3.55. The van der Waals surface area contributed by atoms with E-state index in [0.29, 0.717) is 31.1 Å². The number of aromatic nitrogens is 1. The molecule has 0 spiro atoms. The van der Waals surface area contributed by atoms with Gasteiger partial charge in [-0.25, -0.2) is 0 Å². The van der Waals surface area contributed by atoms with Crippen LogP contribution in [0.2, 0.25) is 0 Å². The number of amides is 2. The molecule has 1 atom stereocenters. The van der Waals surface area contributed by atoms with Gasteiger partial charge in [0.05, 0.1) is 12.2 Å². The lowest BCUT2D eigenvalue weighted by atomic mass is 9.98. The fourth-order valence-corrected chi connectivity index (χ4v) is 4.01. The molecule has 33 heavy (non-hydrogen) atoms. The topological polar surface area (TPSA) is 91.4 Å². The molecule has 2 heterocycles. The van der Waals surface area contributed by atoms with Gasteiger partial charge >= 0.3 is 0 Å². The van der Waals surface area contributed by atoms with Crippen molar-refractivity contribution in [3.8, 4) is 11.1 Å². The van der Waals surface area contributed by atoms with E-state index in [4.69, 9.17) is 0 Å². The van der Waals surface area contributed by atoms with Gasteiger partial charge in [-0.05, 0) is 36.0 Å². The molecule has 2 aromatic rings. The highest BCUT2D eigenvalue weighted by Gasteiger charge is 2.23. The van der Waals surface area contributed by atoms with E-state index >= 15 is 0 Å². The maximum absolute atomic E-state index is 12.7. The Kier molecular flexibility index (Phi) is 8.33. The fourth-order valence-electron chi connectivity index (χ4n) is 4.01. The maximum Gasteiger partial charge on any atom is 0.238 e. The van der Waals surface area contributed by atoms with E-state index in [0.717, 1.165) is 24.0 Å². The number of pyridine rings is 1.